The summed E-state index contributed by atoms with van der Waals surface area (Å²) in [6, 6.07) is 18.0. The number of piperidine rings is 1. The molecule has 2 heterocycles. The van der Waals surface area contributed by atoms with Crippen molar-refractivity contribution < 1.29 is 14.0 Å². The van der Waals surface area contributed by atoms with E-state index in [1.165, 1.54) is 17.7 Å². The molecule has 6 nitrogen and oxygen atoms in total. The number of aromatic nitrogens is 2. The van der Waals surface area contributed by atoms with Crippen LogP contribution in [0.3, 0.4) is 0 Å². The van der Waals surface area contributed by atoms with Gasteiger partial charge in [-0.3, -0.25) is 14.7 Å². The number of para-hydroxylation sites is 1. The number of hydrogen-bond donors (Lipinski definition) is 2. The molecule has 2 amide bonds. The van der Waals surface area contributed by atoms with Gasteiger partial charge in [-0.15, -0.1) is 0 Å². The monoisotopic (exact) mass is 434 g/mol. The maximum absolute atomic E-state index is 13.8. The van der Waals surface area contributed by atoms with Gasteiger partial charge in [-0.2, -0.15) is 5.10 Å². The molecule has 1 saturated heterocycles. The topological polar surface area (TPSA) is 78.1 Å². The third-order valence-corrected chi connectivity index (χ3v) is 5.94. The summed E-state index contributed by atoms with van der Waals surface area (Å²) in [5.74, 6) is -0.527. The van der Waals surface area contributed by atoms with E-state index in [2.05, 4.69) is 27.6 Å². The van der Waals surface area contributed by atoms with Crippen molar-refractivity contribution in [1.82, 2.24) is 15.1 Å². The van der Waals surface area contributed by atoms with Crippen LogP contribution < -0.4 is 5.32 Å². The van der Waals surface area contributed by atoms with E-state index in [0.29, 0.717) is 19.5 Å². The van der Waals surface area contributed by atoms with E-state index in [4.69, 9.17) is 0 Å². The van der Waals surface area contributed by atoms with Crippen LogP contribution in [0.25, 0.3) is 0 Å². The number of H-pyrrole nitrogens is 1. The second-order valence-corrected chi connectivity index (χ2v) is 8.14. The second kappa shape index (κ2) is 10.2. The first-order valence-corrected chi connectivity index (χ1v) is 11.0. The Bertz CT molecular complexity index is 1060. The van der Waals surface area contributed by atoms with Crippen LogP contribution in [0, 0.1) is 5.82 Å². The number of carbonyl (C=O) groups is 2. The van der Waals surface area contributed by atoms with E-state index in [1.54, 1.807) is 18.2 Å². The number of nitrogens with one attached hydrogen (secondary N) is 2. The molecule has 0 aliphatic carbocycles. The molecule has 1 aliphatic rings. The van der Waals surface area contributed by atoms with E-state index in [0.717, 1.165) is 31.4 Å². The molecule has 2 aromatic carbocycles. The minimum atomic E-state index is -0.489. The quantitative estimate of drug-likeness (QED) is 0.574. The lowest BCUT2D eigenvalue weighted by molar-refractivity contribution is -0.132. The summed E-state index contributed by atoms with van der Waals surface area (Å²) in [6.07, 6.45) is 3.96. The first-order valence-electron chi connectivity index (χ1n) is 11.0. The Labute approximate surface area is 186 Å². The number of anilines is 1. The maximum Gasteiger partial charge on any atom is 0.276 e. The Hall–Kier alpha value is -3.48. The molecule has 0 unspecified atom stereocenters. The van der Waals surface area contributed by atoms with E-state index >= 15 is 0 Å². The highest BCUT2D eigenvalue weighted by molar-refractivity contribution is 6.03. The molecular weight excluding hydrogens is 407 g/mol. The van der Waals surface area contributed by atoms with Crippen LogP contribution in [0.5, 0.6) is 0 Å². The number of likely N-dealkylation sites (tertiary alicyclic amines) is 1. The Morgan fingerprint density at radius 1 is 1.06 bits per heavy atom. The molecule has 32 heavy (non-hydrogen) atoms. The van der Waals surface area contributed by atoms with Crippen LogP contribution in [0.15, 0.2) is 60.7 Å². The summed E-state index contributed by atoms with van der Waals surface area (Å²) in [5.41, 5.74) is 2.48. The zero-order chi connectivity index (χ0) is 22.3. The van der Waals surface area contributed by atoms with Crippen LogP contribution in [-0.4, -0.2) is 40.0 Å². The van der Waals surface area contributed by atoms with Gasteiger partial charge < -0.3 is 10.2 Å². The van der Waals surface area contributed by atoms with Crippen LogP contribution in [0.2, 0.25) is 0 Å². The molecule has 166 valence electrons. The molecule has 0 radical (unpaired) electrons. The first-order chi connectivity index (χ1) is 15.6. The smallest absolute Gasteiger partial charge is 0.276 e. The number of aromatic amines is 1. The van der Waals surface area contributed by atoms with E-state index in [9.17, 15) is 14.0 Å². The van der Waals surface area contributed by atoms with Gasteiger partial charge in [-0.1, -0.05) is 42.5 Å². The number of halogens is 1. The van der Waals surface area contributed by atoms with Gasteiger partial charge in [0.2, 0.25) is 5.91 Å². The largest absolute Gasteiger partial charge is 0.343 e. The molecule has 1 aromatic heterocycles. The lowest BCUT2D eigenvalue weighted by atomic mass is 9.93. The molecule has 1 aliphatic heterocycles. The van der Waals surface area contributed by atoms with Crippen LogP contribution in [0.1, 0.15) is 53.3 Å². The Kier molecular flexibility index (Phi) is 6.94. The fourth-order valence-corrected chi connectivity index (χ4v) is 4.10. The van der Waals surface area contributed by atoms with Crippen LogP contribution >= 0.6 is 0 Å². The Morgan fingerprint density at radius 2 is 1.78 bits per heavy atom. The minimum absolute atomic E-state index is 0.126. The molecule has 0 atom stereocenters. The molecular formula is C25H27FN4O2. The highest BCUT2D eigenvalue weighted by Gasteiger charge is 2.25. The average molecular weight is 435 g/mol. The number of benzene rings is 2. The molecule has 2 N–H and O–H groups in total. The van der Waals surface area contributed by atoms with Crippen molar-refractivity contribution in [2.24, 2.45) is 0 Å². The van der Waals surface area contributed by atoms with Gasteiger partial charge in [0.05, 0.1) is 5.69 Å². The summed E-state index contributed by atoms with van der Waals surface area (Å²) in [4.78, 5) is 26.9. The highest BCUT2D eigenvalue weighted by atomic mass is 19.1. The number of carbonyl (C=O) groups excluding carboxylic acids is 2. The van der Waals surface area contributed by atoms with Crippen molar-refractivity contribution >= 4 is 17.5 Å². The Balaban J connectivity index is 1.24. The van der Waals surface area contributed by atoms with E-state index < -0.39 is 11.7 Å². The zero-order valence-electron chi connectivity index (χ0n) is 17.9. The van der Waals surface area contributed by atoms with Crippen molar-refractivity contribution in [1.29, 1.82) is 0 Å². The molecule has 3 aromatic rings. The van der Waals surface area contributed by atoms with Crippen molar-refractivity contribution in [3.63, 3.8) is 0 Å². The average Bonchev–Trinajstić information content (AvgIpc) is 3.32. The van der Waals surface area contributed by atoms with Gasteiger partial charge in [0.15, 0.2) is 5.69 Å². The van der Waals surface area contributed by atoms with Crippen molar-refractivity contribution in [2.45, 2.75) is 38.0 Å². The third-order valence-electron chi connectivity index (χ3n) is 5.94. The minimum Gasteiger partial charge on any atom is -0.343 e. The Morgan fingerprint density at radius 3 is 2.53 bits per heavy atom. The number of amides is 2. The summed E-state index contributed by atoms with van der Waals surface area (Å²) in [6.45, 7) is 1.40. The second-order valence-electron chi connectivity index (χ2n) is 8.14. The predicted octanol–water partition coefficient (Wildman–Crippen LogP) is 4.53. The van der Waals surface area contributed by atoms with Gasteiger partial charge in [-0.25, -0.2) is 4.39 Å². The van der Waals surface area contributed by atoms with E-state index in [1.807, 2.05) is 23.1 Å². The first kappa shape index (κ1) is 21.7. The van der Waals surface area contributed by atoms with Crippen LogP contribution in [0.4, 0.5) is 10.1 Å². The predicted molar refractivity (Wildman–Crippen MR) is 121 cm³/mol. The fourth-order valence-electron chi connectivity index (χ4n) is 4.10. The van der Waals surface area contributed by atoms with Crippen molar-refractivity contribution in [3.8, 4) is 0 Å². The summed E-state index contributed by atoms with van der Waals surface area (Å²) >= 11 is 0. The fraction of sp³-hybridized carbons (Fsp3) is 0.320. The molecule has 1 fully saturated rings. The SMILES string of the molecule is O=C(Nc1ccccc1F)c1cc(C2CCN(C(=O)CCCc3ccccc3)CC2)[nH]n1. The van der Waals surface area contributed by atoms with Gasteiger partial charge in [0, 0.05) is 31.1 Å². The normalized spacial score (nSPS) is 14.3. The van der Waals surface area contributed by atoms with Crippen LogP contribution in [-0.2, 0) is 11.2 Å². The molecule has 4 rings (SSSR count). The molecule has 7 heteroatoms. The lowest BCUT2D eigenvalue weighted by Gasteiger charge is -2.31. The summed E-state index contributed by atoms with van der Waals surface area (Å²) < 4.78 is 13.8. The molecule has 0 bridgehead atoms. The third kappa shape index (κ3) is 5.41. The highest BCUT2D eigenvalue weighted by Crippen LogP contribution is 2.28. The summed E-state index contributed by atoms with van der Waals surface area (Å²) in [5, 5.41) is 9.59. The van der Waals surface area contributed by atoms with Crippen molar-refractivity contribution in [2.75, 3.05) is 18.4 Å². The lowest BCUT2D eigenvalue weighted by Crippen LogP contribution is -2.37. The number of aryl methyl sites for hydroxylation is 1. The number of nitrogens with zero attached hydrogens (tertiary/aromatic N) is 2. The number of hydrogen-bond acceptors (Lipinski definition) is 3. The van der Waals surface area contributed by atoms with E-state index in [-0.39, 0.29) is 23.2 Å². The van der Waals surface area contributed by atoms with Crippen molar-refractivity contribution in [3.05, 3.63) is 83.4 Å². The van der Waals surface area contributed by atoms with Gasteiger partial charge in [-0.05, 0) is 49.4 Å². The maximum atomic E-state index is 13.8. The zero-order valence-corrected chi connectivity index (χ0v) is 17.9. The number of rotatable bonds is 7. The molecule has 0 saturated carbocycles. The standard InChI is InChI=1S/C25H27FN4O2/c26-20-10-4-5-11-21(20)27-25(32)23-17-22(28-29-23)19-13-15-30(16-14-19)24(31)12-6-9-18-7-2-1-3-8-18/h1-5,7-8,10-11,17,19H,6,9,12-16H2,(H,27,32)(H,28,29). The van der Waals surface area contributed by atoms with Gasteiger partial charge in [0.25, 0.3) is 5.91 Å². The molecule has 0 spiro atoms. The summed E-state index contributed by atoms with van der Waals surface area (Å²) in [7, 11) is 0. The van der Waals surface area contributed by atoms with Gasteiger partial charge >= 0.3 is 0 Å². The van der Waals surface area contributed by atoms with Gasteiger partial charge in [0.1, 0.15) is 5.82 Å².